The van der Waals surface area contributed by atoms with E-state index in [2.05, 4.69) is 25.6 Å². The summed E-state index contributed by atoms with van der Waals surface area (Å²) in [4.78, 5) is 16.9. The molecule has 0 aliphatic carbocycles. The third-order valence-electron chi connectivity index (χ3n) is 5.46. The lowest BCUT2D eigenvalue weighted by Gasteiger charge is -2.12. The molecule has 2 N–H and O–H groups in total. The van der Waals surface area contributed by atoms with Gasteiger partial charge in [0.1, 0.15) is 11.6 Å². The fourth-order valence-electron chi connectivity index (χ4n) is 3.79. The Bertz CT molecular complexity index is 1410. The SMILES string of the molecule is CC(C)c1ccccc1NC(=O)N/N=C/c1ccc2c(c1)nc(-c1ccc(OC(F)(F)F)cc1)n2C. The molecule has 0 aliphatic rings. The fraction of sp³-hybridized carbons (Fsp3) is 0.192. The Morgan fingerprint density at radius 2 is 1.81 bits per heavy atom. The van der Waals surface area contributed by atoms with E-state index in [-0.39, 0.29) is 11.7 Å². The summed E-state index contributed by atoms with van der Waals surface area (Å²) in [5.74, 6) is 0.540. The summed E-state index contributed by atoms with van der Waals surface area (Å²) in [6.07, 6.45) is -3.24. The molecule has 1 heterocycles. The molecule has 4 rings (SSSR count). The first-order valence-electron chi connectivity index (χ1n) is 11.1. The zero-order valence-corrected chi connectivity index (χ0v) is 19.8. The molecule has 0 saturated carbocycles. The Labute approximate surface area is 205 Å². The predicted octanol–water partition coefficient (Wildman–Crippen LogP) is 6.42. The number of ether oxygens (including phenoxy) is 1. The number of nitrogens with zero attached hydrogens (tertiary/aromatic N) is 3. The number of alkyl halides is 3. The average Bonchev–Trinajstić information content (AvgIpc) is 3.14. The van der Waals surface area contributed by atoms with Crippen LogP contribution >= 0.6 is 0 Å². The molecule has 186 valence electrons. The Balaban J connectivity index is 1.46. The number of amides is 2. The molecule has 2 amide bonds. The Morgan fingerprint density at radius 1 is 1.08 bits per heavy atom. The number of carbonyl (C=O) groups is 1. The molecule has 4 aromatic rings. The van der Waals surface area contributed by atoms with Crippen molar-refractivity contribution in [3.8, 4) is 17.1 Å². The molecule has 7 nitrogen and oxygen atoms in total. The van der Waals surface area contributed by atoms with Gasteiger partial charge in [0, 0.05) is 18.3 Å². The molecule has 3 aromatic carbocycles. The number of hydrogen-bond acceptors (Lipinski definition) is 4. The number of aryl methyl sites for hydroxylation is 1. The maximum absolute atomic E-state index is 12.4. The third kappa shape index (κ3) is 5.83. The monoisotopic (exact) mass is 495 g/mol. The zero-order chi connectivity index (χ0) is 25.9. The molecule has 10 heteroatoms. The van der Waals surface area contributed by atoms with E-state index < -0.39 is 12.4 Å². The van der Waals surface area contributed by atoms with Crippen LogP contribution in [0, 0.1) is 0 Å². The number of fused-ring (bicyclic) bond motifs is 1. The maximum atomic E-state index is 12.4. The smallest absolute Gasteiger partial charge is 0.406 e. The summed E-state index contributed by atoms with van der Waals surface area (Å²) >= 11 is 0. The van der Waals surface area contributed by atoms with Crippen molar-refractivity contribution in [2.24, 2.45) is 12.1 Å². The van der Waals surface area contributed by atoms with Gasteiger partial charge >= 0.3 is 12.4 Å². The molecule has 0 saturated heterocycles. The first-order valence-corrected chi connectivity index (χ1v) is 11.1. The third-order valence-corrected chi connectivity index (χ3v) is 5.46. The van der Waals surface area contributed by atoms with Crippen LogP contribution in [0.5, 0.6) is 5.75 Å². The minimum atomic E-state index is -4.74. The minimum Gasteiger partial charge on any atom is -0.406 e. The maximum Gasteiger partial charge on any atom is 0.573 e. The van der Waals surface area contributed by atoms with E-state index in [1.807, 2.05) is 61.9 Å². The largest absolute Gasteiger partial charge is 0.573 e. The van der Waals surface area contributed by atoms with Crippen LogP contribution in [0.1, 0.15) is 30.9 Å². The lowest BCUT2D eigenvalue weighted by Crippen LogP contribution is -2.24. The van der Waals surface area contributed by atoms with Gasteiger partial charge in [-0.25, -0.2) is 15.2 Å². The molecule has 0 radical (unpaired) electrons. The van der Waals surface area contributed by atoms with Crippen LogP contribution in [0.2, 0.25) is 0 Å². The number of aromatic nitrogens is 2. The number of anilines is 1. The summed E-state index contributed by atoms with van der Waals surface area (Å²) in [5.41, 5.74) is 7.05. The Hall–Kier alpha value is -4.34. The van der Waals surface area contributed by atoms with Crippen LogP contribution in [-0.2, 0) is 7.05 Å². The van der Waals surface area contributed by atoms with Gasteiger partial charge in [0.25, 0.3) is 0 Å². The second-order valence-corrected chi connectivity index (χ2v) is 8.38. The molecule has 0 fully saturated rings. The summed E-state index contributed by atoms with van der Waals surface area (Å²) < 4.78 is 43.0. The van der Waals surface area contributed by atoms with Crippen LogP contribution in [0.3, 0.4) is 0 Å². The van der Waals surface area contributed by atoms with Crippen LogP contribution < -0.4 is 15.5 Å². The van der Waals surface area contributed by atoms with Gasteiger partial charge in [0.05, 0.1) is 17.2 Å². The van der Waals surface area contributed by atoms with Crippen molar-refractivity contribution < 1.29 is 22.7 Å². The van der Waals surface area contributed by atoms with E-state index in [0.29, 0.717) is 22.5 Å². The molecule has 0 aliphatic heterocycles. The molecular weight excluding hydrogens is 471 g/mol. The highest BCUT2D eigenvalue weighted by Crippen LogP contribution is 2.28. The lowest BCUT2D eigenvalue weighted by atomic mass is 10.0. The standard InChI is InChI=1S/C26H24F3N5O2/c1-16(2)20-6-4-5-7-21(20)32-25(35)33-30-15-17-8-13-23-22(14-17)31-24(34(23)3)18-9-11-19(12-10-18)36-26(27,28)29/h4-16H,1-3H3,(H2,32,33,35)/b30-15+. The van der Waals surface area contributed by atoms with Crippen LogP contribution in [0.25, 0.3) is 22.4 Å². The molecule has 1 aromatic heterocycles. The van der Waals surface area contributed by atoms with Crippen molar-refractivity contribution >= 4 is 29.0 Å². The molecule has 0 bridgehead atoms. The number of hydrogen-bond donors (Lipinski definition) is 2. The number of carbonyl (C=O) groups excluding carboxylic acids is 1. The van der Waals surface area contributed by atoms with Crippen molar-refractivity contribution in [3.63, 3.8) is 0 Å². The highest BCUT2D eigenvalue weighted by atomic mass is 19.4. The second kappa shape index (κ2) is 10.1. The van der Waals surface area contributed by atoms with Gasteiger partial charge in [0.15, 0.2) is 0 Å². The van der Waals surface area contributed by atoms with E-state index in [9.17, 15) is 18.0 Å². The predicted molar refractivity (Wildman–Crippen MR) is 133 cm³/mol. The number of benzene rings is 3. The van der Waals surface area contributed by atoms with Gasteiger partial charge < -0.3 is 14.6 Å². The molecule has 0 spiro atoms. The van der Waals surface area contributed by atoms with Crippen molar-refractivity contribution in [2.75, 3.05) is 5.32 Å². The average molecular weight is 496 g/mol. The number of urea groups is 1. The summed E-state index contributed by atoms with van der Waals surface area (Å²) in [6, 6.07) is 18.1. The van der Waals surface area contributed by atoms with Crippen molar-refractivity contribution in [1.29, 1.82) is 0 Å². The lowest BCUT2D eigenvalue weighted by molar-refractivity contribution is -0.274. The van der Waals surface area contributed by atoms with Crippen molar-refractivity contribution in [1.82, 2.24) is 15.0 Å². The van der Waals surface area contributed by atoms with Crippen molar-refractivity contribution in [2.45, 2.75) is 26.1 Å². The van der Waals surface area contributed by atoms with Crippen LogP contribution in [0.4, 0.5) is 23.7 Å². The quantitative estimate of drug-likeness (QED) is 0.239. The van der Waals surface area contributed by atoms with Gasteiger partial charge in [0.2, 0.25) is 0 Å². The first kappa shape index (κ1) is 24.8. The summed E-state index contributed by atoms with van der Waals surface area (Å²) in [7, 11) is 1.82. The molecule has 0 unspecified atom stereocenters. The van der Waals surface area contributed by atoms with E-state index in [4.69, 9.17) is 0 Å². The number of nitrogens with one attached hydrogen (secondary N) is 2. The Kier molecular flexibility index (Phi) is 6.96. The number of halogens is 3. The summed E-state index contributed by atoms with van der Waals surface area (Å²) in [5, 5.41) is 6.82. The van der Waals surface area contributed by atoms with Gasteiger partial charge in [-0.2, -0.15) is 5.10 Å². The van der Waals surface area contributed by atoms with Crippen LogP contribution in [0.15, 0.2) is 71.8 Å². The van der Waals surface area contributed by atoms with E-state index in [0.717, 1.165) is 16.8 Å². The fourth-order valence-corrected chi connectivity index (χ4v) is 3.79. The number of imidazole rings is 1. The number of hydrazone groups is 1. The van der Waals surface area contributed by atoms with Gasteiger partial charge in [-0.15, -0.1) is 13.2 Å². The van der Waals surface area contributed by atoms with E-state index in [1.165, 1.54) is 30.5 Å². The normalized spacial score (nSPS) is 11.9. The minimum absolute atomic E-state index is 0.256. The van der Waals surface area contributed by atoms with Gasteiger partial charge in [-0.1, -0.05) is 38.1 Å². The van der Waals surface area contributed by atoms with E-state index in [1.54, 1.807) is 6.07 Å². The topological polar surface area (TPSA) is 80.5 Å². The Morgan fingerprint density at radius 3 is 2.50 bits per heavy atom. The molecule has 0 atom stereocenters. The van der Waals surface area contributed by atoms with Gasteiger partial charge in [-0.05, 0) is 59.5 Å². The summed E-state index contributed by atoms with van der Waals surface area (Å²) in [6.45, 7) is 4.10. The highest BCUT2D eigenvalue weighted by Gasteiger charge is 2.31. The van der Waals surface area contributed by atoms with Crippen LogP contribution in [-0.4, -0.2) is 28.2 Å². The highest BCUT2D eigenvalue weighted by molar-refractivity contribution is 5.92. The molecular formula is C26H24F3N5O2. The van der Waals surface area contributed by atoms with Crippen molar-refractivity contribution in [3.05, 3.63) is 77.9 Å². The zero-order valence-electron chi connectivity index (χ0n) is 19.8. The first-order chi connectivity index (χ1) is 17.1. The van der Waals surface area contributed by atoms with E-state index >= 15 is 0 Å². The number of rotatable bonds is 6. The number of para-hydroxylation sites is 1. The molecule has 36 heavy (non-hydrogen) atoms. The second-order valence-electron chi connectivity index (χ2n) is 8.38. The van der Waals surface area contributed by atoms with Gasteiger partial charge in [-0.3, -0.25) is 0 Å².